The molecule has 0 bridgehead atoms. The third kappa shape index (κ3) is 4.47. The summed E-state index contributed by atoms with van der Waals surface area (Å²) in [6.45, 7) is 2.08. The van der Waals surface area contributed by atoms with Gasteiger partial charge < -0.3 is 4.74 Å². The molecule has 0 radical (unpaired) electrons. The van der Waals surface area contributed by atoms with Gasteiger partial charge in [0.25, 0.3) is 5.91 Å². The molecule has 3 aromatic rings. The summed E-state index contributed by atoms with van der Waals surface area (Å²) in [6.07, 6.45) is 3.62. The van der Waals surface area contributed by atoms with Crippen LogP contribution in [0, 0.1) is 0 Å². The van der Waals surface area contributed by atoms with Crippen LogP contribution in [0.1, 0.15) is 28.4 Å². The van der Waals surface area contributed by atoms with Crippen molar-refractivity contribution in [2.45, 2.75) is 6.92 Å². The lowest BCUT2D eigenvalue weighted by molar-refractivity contribution is -0.113. The molecule has 160 valence electrons. The number of anilines is 1. The number of hydrogen-bond acceptors (Lipinski definition) is 3. The van der Waals surface area contributed by atoms with Crippen LogP contribution in [0.5, 0.6) is 0 Å². The van der Waals surface area contributed by atoms with Crippen molar-refractivity contribution in [1.82, 2.24) is 0 Å². The van der Waals surface area contributed by atoms with Crippen molar-refractivity contribution in [1.29, 1.82) is 0 Å². The summed E-state index contributed by atoms with van der Waals surface area (Å²) < 4.78 is 5.02. The van der Waals surface area contributed by atoms with E-state index in [9.17, 15) is 9.59 Å². The number of hydrogen-bond donors (Lipinski definition) is 0. The summed E-state index contributed by atoms with van der Waals surface area (Å²) >= 11 is 12.5. The highest BCUT2D eigenvalue weighted by molar-refractivity contribution is 6.38. The van der Waals surface area contributed by atoms with Crippen molar-refractivity contribution >= 4 is 52.5 Å². The van der Waals surface area contributed by atoms with Crippen molar-refractivity contribution in [2.75, 3.05) is 11.5 Å². The Morgan fingerprint density at radius 3 is 2.38 bits per heavy atom. The van der Waals surface area contributed by atoms with Crippen molar-refractivity contribution in [2.24, 2.45) is 0 Å². The van der Waals surface area contributed by atoms with Crippen molar-refractivity contribution < 1.29 is 14.3 Å². The highest BCUT2D eigenvalue weighted by Crippen LogP contribution is 2.39. The molecule has 6 heteroatoms. The fourth-order valence-electron chi connectivity index (χ4n) is 3.45. The Morgan fingerprint density at radius 1 is 1.00 bits per heavy atom. The van der Waals surface area contributed by atoms with Gasteiger partial charge in [0.2, 0.25) is 0 Å². The van der Waals surface area contributed by atoms with E-state index >= 15 is 0 Å². The highest BCUT2D eigenvalue weighted by atomic mass is 35.5. The number of carbonyl (C=O) groups is 2. The van der Waals surface area contributed by atoms with Crippen LogP contribution < -0.4 is 4.90 Å². The quantitative estimate of drug-likeness (QED) is 0.314. The molecule has 0 unspecified atom stereocenters. The summed E-state index contributed by atoms with van der Waals surface area (Å²) in [4.78, 5) is 26.9. The predicted molar refractivity (Wildman–Crippen MR) is 129 cm³/mol. The van der Waals surface area contributed by atoms with Gasteiger partial charge in [-0.3, -0.25) is 9.69 Å². The Labute approximate surface area is 196 Å². The second-order valence-corrected chi connectivity index (χ2v) is 7.92. The number of halogens is 2. The third-order valence-electron chi connectivity index (χ3n) is 4.95. The summed E-state index contributed by atoms with van der Waals surface area (Å²) in [6, 6.07) is 21.6. The second kappa shape index (κ2) is 9.43. The molecule has 0 N–H and O–H groups in total. The lowest BCUT2D eigenvalue weighted by Gasteiger charge is -2.22. The van der Waals surface area contributed by atoms with E-state index in [0.29, 0.717) is 39.2 Å². The number of rotatable bonds is 5. The van der Waals surface area contributed by atoms with E-state index in [1.807, 2.05) is 36.4 Å². The fraction of sp³-hybridized carbons (Fsp3) is 0.0769. The zero-order valence-corrected chi connectivity index (χ0v) is 18.7. The van der Waals surface area contributed by atoms with Crippen LogP contribution in [0.25, 0.3) is 11.8 Å². The molecule has 1 aliphatic rings. The van der Waals surface area contributed by atoms with E-state index in [-0.39, 0.29) is 11.9 Å². The van der Waals surface area contributed by atoms with E-state index in [2.05, 4.69) is 0 Å². The van der Waals surface area contributed by atoms with Gasteiger partial charge in [-0.15, -0.1) is 0 Å². The van der Waals surface area contributed by atoms with Gasteiger partial charge in [-0.05, 0) is 60.5 Å². The molecule has 0 aromatic heterocycles. The normalized spacial score (nSPS) is 14.6. The molecular formula is C26H19Cl2NO3. The third-order valence-corrected chi connectivity index (χ3v) is 5.49. The first-order valence-corrected chi connectivity index (χ1v) is 10.8. The average Bonchev–Trinajstić information content (AvgIpc) is 3.11. The Kier molecular flexibility index (Phi) is 6.45. The molecule has 1 heterocycles. The molecule has 32 heavy (non-hydrogen) atoms. The van der Waals surface area contributed by atoms with Gasteiger partial charge >= 0.3 is 5.97 Å². The maximum absolute atomic E-state index is 13.4. The van der Waals surface area contributed by atoms with Gasteiger partial charge in [0.15, 0.2) is 0 Å². The summed E-state index contributed by atoms with van der Waals surface area (Å²) in [7, 11) is 0. The fourth-order valence-corrected chi connectivity index (χ4v) is 3.94. The minimum Gasteiger partial charge on any atom is -0.462 e. The largest absolute Gasteiger partial charge is 0.462 e. The van der Waals surface area contributed by atoms with E-state index < -0.39 is 0 Å². The topological polar surface area (TPSA) is 46.6 Å². The Bertz CT molecular complexity index is 1230. The van der Waals surface area contributed by atoms with Crippen LogP contribution >= 0.6 is 23.2 Å². The van der Waals surface area contributed by atoms with Gasteiger partial charge in [0.05, 0.1) is 28.6 Å². The van der Waals surface area contributed by atoms with E-state index in [0.717, 1.165) is 11.1 Å². The molecular weight excluding hydrogens is 445 g/mol. The molecule has 0 saturated heterocycles. The first-order chi connectivity index (χ1) is 15.5. The molecule has 0 atom stereocenters. The summed E-state index contributed by atoms with van der Waals surface area (Å²) in [5.41, 5.74) is 3.90. The van der Waals surface area contributed by atoms with Crippen LogP contribution in [-0.2, 0) is 9.53 Å². The van der Waals surface area contributed by atoms with Gasteiger partial charge in [0, 0.05) is 10.6 Å². The van der Waals surface area contributed by atoms with E-state index in [1.54, 1.807) is 60.4 Å². The van der Waals surface area contributed by atoms with Gasteiger partial charge in [-0.2, -0.15) is 0 Å². The molecule has 0 aliphatic carbocycles. The van der Waals surface area contributed by atoms with Gasteiger partial charge in [-0.1, -0.05) is 65.7 Å². The second-order valence-electron chi connectivity index (χ2n) is 7.07. The summed E-state index contributed by atoms with van der Waals surface area (Å²) in [5.74, 6) is -0.582. The lowest BCUT2D eigenvalue weighted by atomic mass is 10.1. The number of ether oxygens (including phenoxy) is 1. The van der Waals surface area contributed by atoms with Crippen LogP contribution in [0.4, 0.5) is 5.69 Å². The number of esters is 1. The molecule has 4 rings (SSSR count). The standard InChI is InChI=1S/C26H19Cl2NO3/c1-2-32-26(31)19-10-8-17(9-11-19)14-20-15-24(18-6-4-3-5-7-18)29(25(20)30)23-13-12-21(27)16-22(23)28/h3-16H,2H2,1H3/b20-14-. The Balaban J connectivity index is 1.74. The molecule has 4 nitrogen and oxygen atoms in total. The molecule has 1 amide bonds. The first-order valence-electron chi connectivity index (χ1n) is 10.0. The lowest BCUT2D eigenvalue weighted by Crippen LogP contribution is -2.25. The molecule has 1 aliphatic heterocycles. The van der Waals surface area contributed by atoms with Crippen LogP contribution in [0.2, 0.25) is 10.0 Å². The zero-order valence-electron chi connectivity index (χ0n) is 17.2. The average molecular weight is 464 g/mol. The number of benzene rings is 3. The number of amides is 1. The SMILES string of the molecule is CCOC(=O)c1ccc(/C=C2/C=C(c3ccccc3)N(c3ccc(Cl)cc3Cl)C2=O)cc1. The smallest absolute Gasteiger partial charge is 0.338 e. The molecule has 0 fully saturated rings. The summed E-state index contributed by atoms with van der Waals surface area (Å²) in [5, 5.41) is 0.876. The van der Waals surface area contributed by atoms with E-state index in [1.165, 1.54) is 0 Å². The van der Waals surface area contributed by atoms with Gasteiger partial charge in [0.1, 0.15) is 0 Å². The number of nitrogens with zero attached hydrogens (tertiary/aromatic N) is 1. The maximum Gasteiger partial charge on any atom is 0.338 e. The minimum atomic E-state index is -0.376. The van der Waals surface area contributed by atoms with Gasteiger partial charge in [-0.25, -0.2) is 4.79 Å². The maximum atomic E-state index is 13.4. The zero-order chi connectivity index (χ0) is 22.7. The highest BCUT2D eigenvalue weighted by Gasteiger charge is 2.31. The first kappa shape index (κ1) is 21.9. The number of carbonyl (C=O) groups excluding carboxylic acids is 2. The molecule has 0 spiro atoms. The van der Waals surface area contributed by atoms with Crippen molar-refractivity contribution in [3.05, 3.63) is 111 Å². The minimum absolute atomic E-state index is 0.206. The Morgan fingerprint density at radius 2 is 1.72 bits per heavy atom. The van der Waals surface area contributed by atoms with Crippen molar-refractivity contribution in [3.63, 3.8) is 0 Å². The molecule has 3 aromatic carbocycles. The monoisotopic (exact) mass is 463 g/mol. The predicted octanol–water partition coefficient (Wildman–Crippen LogP) is 6.64. The van der Waals surface area contributed by atoms with Crippen LogP contribution in [-0.4, -0.2) is 18.5 Å². The van der Waals surface area contributed by atoms with Crippen molar-refractivity contribution in [3.8, 4) is 0 Å². The van der Waals surface area contributed by atoms with Crippen LogP contribution in [0.15, 0.2) is 84.4 Å². The Hall–Kier alpha value is -3.34. The van der Waals surface area contributed by atoms with E-state index in [4.69, 9.17) is 27.9 Å². The van der Waals surface area contributed by atoms with Crippen LogP contribution in [0.3, 0.4) is 0 Å². The molecule has 0 saturated carbocycles.